The highest BCUT2D eigenvalue weighted by atomic mass is 32.2. The van der Waals surface area contributed by atoms with Gasteiger partial charge in [-0.1, -0.05) is 5.92 Å². The van der Waals surface area contributed by atoms with Crippen LogP contribution in [0, 0.1) is 12.3 Å². The fourth-order valence-corrected chi connectivity index (χ4v) is 1.82. The van der Waals surface area contributed by atoms with E-state index in [0.717, 1.165) is 5.75 Å². The number of nitrogens with one attached hydrogen (secondary N) is 1. The third-order valence-electron chi connectivity index (χ3n) is 2.23. The molecule has 0 atom stereocenters. The SMILES string of the molecule is C#CCSCCNC(=O)CCOc1ccc(N)cc1. The highest BCUT2D eigenvalue weighted by Crippen LogP contribution is 2.12. The van der Waals surface area contributed by atoms with Crippen molar-refractivity contribution in [3.8, 4) is 18.1 Å². The minimum Gasteiger partial charge on any atom is -0.493 e. The Balaban J connectivity index is 2.07. The van der Waals surface area contributed by atoms with Gasteiger partial charge in [0.05, 0.1) is 18.8 Å². The van der Waals surface area contributed by atoms with Gasteiger partial charge in [-0.25, -0.2) is 0 Å². The zero-order chi connectivity index (χ0) is 13.9. The number of carbonyl (C=O) groups is 1. The van der Waals surface area contributed by atoms with Crippen LogP contribution >= 0.6 is 11.8 Å². The van der Waals surface area contributed by atoms with Crippen LogP contribution in [0.5, 0.6) is 5.75 Å². The second-order valence-electron chi connectivity index (χ2n) is 3.77. The first-order valence-electron chi connectivity index (χ1n) is 5.98. The number of benzene rings is 1. The molecule has 1 rings (SSSR count). The number of hydrogen-bond donors (Lipinski definition) is 2. The lowest BCUT2D eigenvalue weighted by Gasteiger charge is -2.07. The van der Waals surface area contributed by atoms with Crippen LogP contribution in [-0.4, -0.2) is 30.6 Å². The van der Waals surface area contributed by atoms with Crippen molar-refractivity contribution in [3.63, 3.8) is 0 Å². The number of amides is 1. The normalized spacial score (nSPS) is 9.63. The van der Waals surface area contributed by atoms with Gasteiger partial charge < -0.3 is 15.8 Å². The fraction of sp³-hybridized carbons (Fsp3) is 0.357. The Morgan fingerprint density at radius 1 is 1.42 bits per heavy atom. The Bertz CT molecular complexity index is 426. The second kappa shape index (κ2) is 9.17. The molecule has 0 unspecified atom stereocenters. The van der Waals surface area contributed by atoms with Gasteiger partial charge in [-0.15, -0.1) is 18.2 Å². The van der Waals surface area contributed by atoms with Crippen LogP contribution < -0.4 is 15.8 Å². The molecule has 5 heteroatoms. The maximum Gasteiger partial charge on any atom is 0.223 e. The van der Waals surface area contributed by atoms with Crippen molar-refractivity contribution in [2.24, 2.45) is 0 Å². The van der Waals surface area contributed by atoms with Crippen molar-refractivity contribution in [1.29, 1.82) is 0 Å². The molecule has 102 valence electrons. The lowest BCUT2D eigenvalue weighted by atomic mass is 10.3. The van der Waals surface area contributed by atoms with Crippen LogP contribution in [0.25, 0.3) is 0 Å². The zero-order valence-corrected chi connectivity index (χ0v) is 11.5. The first kappa shape index (κ1) is 15.3. The summed E-state index contributed by atoms with van der Waals surface area (Å²) in [6, 6.07) is 7.09. The first-order valence-corrected chi connectivity index (χ1v) is 7.14. The van der Waals surface area contributed by atoms with Crippen LogP contribution in [-0.2, 0) is 4.79 Å². The van der Waals surface area contributed by atoms with E-state index in [0.29, 0.717) is 36.8 Å². The van der Waals surface area contributed by atoms with Gasteiger partial charge in [-0.2, -0.15) is 0 Å². The van der Waals surface area contributed by atoms with Gasteiger partial charge in [0.15, 0.2) is 0 Å². The lowest BCUT2D eigenvalue weighted by molar-refractivity contribution is -0.121. The summed E-state index contributed by atoms with van der Waals surface area (Å²) in [6.45, 7) is 0.986. The number of ether oxygens (including phenoxy) is 1. The van der Waals surface area contributed by atoms with E-state index in [9.17, 15) is 4.79 Å². The molecular weight excluding hydrogens is 260 g/mol. The summed E-state index contributed by atoms with van der Waals surface area (Å²) in [5.41, 5.74) is 6.25. The van der Waals surface area contributed by atoms with Crippen LogP contribution in [0.2, 0.25) is 0 Å². The summed E-state index contributed by atoms with van der Waals surface area (Å²) in [5.74, 6) is 4.74. The van der Waals surface area contributed by atoms with Gasteiger partial charge in [0.1, 0.15) is 5.75 Å². The van der Waals surface area contributed by atoms with E-state index in [1.54, 1.807) is 36.0 Å². The zero-order valence-electron chi connectivity index (χ0n) is 10.7. The summed E-state index contributed by atoms with van der Waals surface area (Å²) < 4.78 is 5.43. The summed E-state index contributed by atoms with van der Waals surface area (Å²) in [4.78, 5) is 11.5. The molecule has 0 bridgehead atoms. The van der Waals surface area contributed by atoms with Crippen molar-refractivity contribution < 1.29 is 9.53 Å². The van der Waals surface area contributed by atoms with Crippen molar-refractivity contribution in [1.82, 2.24) is 5.32 Å². The molecule has 1 amide bonds. The molecule has 0 saturated heterocycles. The van der Waals surface area contributed by atoms with Gasteiger partial charge in [0, 0.05) is 18.0 Å². The third-order valence-corrected chi connectivity index (χ3v) is 3.10. The quantitative estimate of drug-likeness (QED) is 0.430. The monoisotopic (exact) mass is 278 g/mol. The molecule has 0 fully saturated rings. The van der Waals surface area contributed by atoms with Crippen molar-refractivity contribution in [3.05, 3.63) is 24.3 Å². The van der Waals surface area contributed by atoms with E-state index in [2.05, 4.69) is 11.2 Å². The van der Waals surface area contributed by atoms with Gasteiger partial charge in [0.2, 0.25) is 5.91 Å². The molecule has 0 radical (unpaired) electrons. The molecule has 4 nitrogen and oxygen atoms in total. The van der Waals surface area contributed by atoms with E-state index < -0.39 is 0 Å². The Hall–Kier alpha value is -1.80. The summed E-state index contributed by atoms with van der Waals surface area (Å²) in [7, 11) is 0. The van der Waals surface area contributed by atoms with Crippen molar-refractivity contribution in [2.45, 2.75) is 6.42 Å². The number of carbonyl (C=O) groups excluding carboxylic acids is 1. The van der Waals surface area contributed by atoms with E-state index in [4.69, 9.17) is 16.9 Å². The van der Waals surface area contributed by atoms with E-state index >= 15 is 0 Å². The highest BCUT2D eigenvalue weighted by molar-refractivity contribution is 7.99. The van der Waals surface area contributed by atoms with Crippen LogP contribution in [0.15, 0.2) is 24.3 Å². The molecule has 0 aliphatic carbocycles. The number of anilines is 1. The highest BCUT2D eigenvalue weighted by Gasteiger charge is 2.01. The van der Waals surface area contributed by atoms with E-state index in [1.165, 1.54) is 0 Å². The van der Waals surface area contributed by atoms with Gasteiger partial charge in [-0.05, 0) is 24.3 Å². The second-order valence-corrected chi connectivity index (χ2v) is 4.88. The number of terminal acetylenes is 1. The average Bonchev–Trinajstić information content (AvgIpc) is 2.41. The van der Waals surface area contributed by atoms with E-state index in [1.807, 2.05) is 0 Å². The van der Waals surface area contributed by atoms with Gasteiger partial charge in [-0.3, -0.25) is 4.79 Å². The van der Waals surface area contributed by atoms with Crippen LogP contribution in [0.3, 0.4) is 0 Å². The Labute approximate surface area is 118 Å². The molecule has 0 spiro atoms. The minimum absolute atomic E-state index is 0.0169. The molecule has 0 saturated carbocycles. The molecule has 1 aromatic rings. The molecule has 0 aromatic heterocycles. The number of nitrogen functional groups attached to an aromatic ring is 1. The maximum atomic E-state index is 11.5. The Kier molecular flexibility index (Phi) is 7.37. The van der Waals surface area contributed by atoms with E-state index in [-0.39, 0.29) is 5.91 Å². The summed E-state index contributed by atoms with van der Waals surface area (Å²) in [5, 5.41) is 2.81. The van der Waals surface area contributed by atoms with Crippen LogP contribution in [0.1, 0.15) is 6.42 Å². The molecule has 0 aliphatic heterocycles. The smallest absolute Gasteiger partial charge is 0.223 e. The predicted octanol–water partition coefficient (Wildman–Crippen LogP) is 1.52. The van der Waals surface area contributed by atoms with Gasteiger partial charge >= 0.3 is 0 Å². The van der Waals surface area contributed by atoms with Crippen molar-refractivity contribution >= 4 is 23.4 Å². The maximum absolute atomic E-state index is 11.5. The molecule has 0 heterocycles. The summed E-state index contributed by atoms with van der Waals surface area (Å²) >= 11 is 1.62. The largest absolute Gasteiger partial charge is 0.493 e. The lowest BCUT2D eigenvalue weighted by Crippen LogP contribution is -2.27. The van der Waals surface area contributed by atoms with Gasteiger partial charge in [0.25, 0.3) is 0 Å². The molecule has 19 heavy (non-hydrogen) atoms. The minimum atomic E-state index is -0.0169. The number of thioether (sulfide) groups is 1. The number of hydrogen-bond acceptors (Lipinski definition) is 4. The predicted molar refractivity (Wildman–Crippen MR) is 80.1 cm³/mol. The molecule has 1 aromatic carbocycles. The topological polar surface area (TPSA) is 64.3 Å². The fourth-order valence-electron chi connectivity index (χ4n) is 1.31. The average molecular weight is 278 g/mol. The number of nitrogens with two attached hydrogens (primary N) is 1. The third kappa shape index (κ3) is 7.27. The Morgan fingerprint density at radius 2 is 2.16 bits per heavy atom. The molecular formula is C14H18N2O2S. The number of rotatable bonds is 8. The van der Waals surface area contributed by atoms with Crippen molar-refractivity contribution in [2.75, 3.05) is 30.4 Å². The summed E-state index contributed by atoms with van der Waals surface area (Å²) in [6.07, 6.45) is 5.46. The Morgan fingerprint density at radius 3 is 2.84 bits per heavy atom. The molecule has 0 aliphatic rings. The first-order chi connectivity index (χ1) is 9.22. The molecule has 3 N–H and O–H groups in total. The van der Waals surface area contributed by atoms with Crippen LogP contribution in [0.4, 0.5) is 5.69 Å². The standard InChI is InChI=1S/C14H18N2O2S/c1-2-10-19-11-8-16-14(17)7-9-18-13-5-3-12(15)4-6-13/h1,3-6H,7-11,15H2,(H,16,17).